The fourth-order valence-electron chi connectivity index (χ4n) is 4.52. The minimum absolute atomic E-state index is 0.169. The quantitative estimate of drug-likeness (QED) is 0.834. The maximum absolute atomic E-state index is 13.2. The minimum atomic E-state index is 0.169. The molecule has 0 bridgehead atoms. The molecule has 0 spiro atoms. The smallest absolute Gasteiger partial charge is 0.261 e. The van der Waals surface area contributed by atoms with Crippen molar-refractivity contribution in [3.63, 3.8) is 0 Å². The number of para-hydroxylation sites is 1. The summed E-state index contributed by atoms with van der Waals surface area (Å²) in [7, 11) is 0. The van der Waals surface area contributed by atoms with E-state index >= 15 is 0 Å². The van der Waals surface area contributed by atoms with Gasteiger partial charge in [0.2, 0.25) is 0 Å². The van der Waals surface area contributed by atoms with Crippen LogP contribution < -0.4 is 5.56 Å². The first-order valence-electron chi connectivity index (χ1n) is 10.0. The summed E-state index contributed by atoms with van der Waals surface area (Å²) < 4.78 is 2.03. The number of nitrogens with zero attached hydrogens (tertiary/aromatic N) is 3. The molecule has 1 unspecified atom stereocenters. The average molecular weight is 337 g/mol. The van der Waals surface area contributed by atoms with Crippen LogP contribution in [0, 0.1) is 11.8 Å². The van der Waals surface area contributed by atoms with Gasteiger partial charge in [0.25, 0.3) is 5.56 Å². The Labute approximate surface area is 148 Å². The summed E-state index contributed by atoms with van der Waals surface area (Å²) in [6.07, 6.45) is 9.03. The highest BCUT2D eigenvalue weighted by molar-refractivity contribution is 5.77. The lowest BCUT2D eigenvalue weighted by atomic mass is 9.85. The molecule has 1 aromatic heterocycles. The minimum Gasteiger partial charge on any atom is -0.295 e. The summed E-state index contributed by atoms with van der Waals surface area (Å²) in [5.41, 5.74) is 1.04. The molecule has 2 saturated carbocycles. The van der Waals surface area contributed by atoms with Crippen LogP contribution in [0.15, 0.2) is 29.1 Å². The van der Waals surface area contributed by atoms with E-state index in [1.807, 2.05) is 28.8 Å². The van der Waals surface area contributed by atoms with Gasteiger partial charge in [0.15, 0.2) is 0 Å². The highest BCUT2D eigenvalue weighted by Crippen LogP contribution is 2.37. The molecule has 1 aliphatic heterocycles. The van der Waals surface area contributed by atoms with Crippen molar-refractivity contribution in [2.75, 3.05) is 13.1 Å². The number of benzene rings is 1. The molecule has 2 aliphatic carbocycles. The Morgan fingerprint density at radius 3 is 2.52 bits per heavy atom. The zero-order valence-electron chi connectivity index (χ0n) is 14.9. The Balaban J connectivity index is 1.56. The summed E-state index contributed by atoms with van der Waals surface area (Å²) in [6, 6.07) is 8.19. The van der Waals surface area contributed by atoms with E-state index in [0.29, 0.717) is 12.0 Å². The molecule has 5 rings (SSSR count). The summed E-state index contributed by atoms with van der Waals surface area (Å²) >= 11 is 0. The van der Waals surface area contributed by atoms with Gasteiger partial charge in [-0.2, -0.15) is 0 Å². The van der Waals surface area contributed by atoms with Crippen LogP contribution in [-0.2, 0) is 6.54 Å². The van der Waals surface area contributed by atoms with Crippen molar-refractivity contribution in [3.05, 3.63) is 40.4 Å². The third-order valence-corrected chi connectivity index (χ3v) is 6.41. The molecule has 0 radical (unpaired) electrons. The molecular weight excluding hydrogens is 310 g/mol. The van der Waals surface area contributed by atoms with Gasteiger partial charge in [-0.15, -0.1) is 0 Å². The topological polar surface area (TPSA) is 38.1 Å². The predicted molar refractivity (Wildman–Crippen MR) is 99.6 cm³/mol. The van der Waals surface area contributed by atoms with Crippen molar-refractivity contribution in [1.82, 2.24) is 14.5 Å². The zero-order valence-corrected chi connectivity index (χ0v) is 14.9. The van der Waals surface area contributed by atoms with Gasteiger partial charge in [-0.25, -0.2) is 4.98 Å². The van der Waals surface area contributed by atoms with Gasteiger partial charge < -0.3 is 0 Å². The summed E-state index contributed by atoms with van der Waals surface area (Å²) in [6.45, 7) is 3.21. The van der Waals surface area contributed by atoms with Gasteiger partial charge in [0, 0.05) is 13.1 Å². The van der Waals surface area contributed by atoms with Crippen molar-refractivity contribution in [1.29, 1.82) is 0 Å². The second-order valence-electron chi connectivity index (χ2n) is 8.30. The fraction of sp³-hybridized carbons (Fsp3) is 0.619. The Morgan fingerprint density at radius 2 is 1.76 bits per heavy atom. The predicted octanol–water partition coefficient (Wildman–Crippen LogP) is 3.74. The summed E-state index contributed by atoms with van der Waals surface area (Å²) in [5, 5.41) is 0.774. The monoisotopic (exact) mass is 337 g/mol. The summed E-state index contributed by atoms with van der Waals surface area (Å²) in [5.74, 6) is 2.58. The van der Waals surface area contributed by atoms with Crippen LogP contribution in [0.25, 0.3) is 10.9 Å². The number of likely N-dealkylation sites (tertiary alicyclic amines) is 1. The lowest BCUT2D eigenvalue weighted by Crippen LogP contribution is -2.36. The maximum atomic E-state index is 13.2. The van der Waals surface area contributed by atoms with Gasteiger partial charge in [-0.1, -0.05) is 18.6 Å². The lowest BCUT2D eigenvalue weighted by molar-refractivity contribution is 0.159. The van der Waals surface area contributed by atoms with Crippen molar-refractivity contribution in [2.45, 2.75) is 57.5 Å². The van der Waals surface area contributed by atoms with E-state index in [4.69, 9.17) is 4.98 Å². The van der Waals surface area contributed by atoms with E-state index in [9.17, 15) is 4.79 Å². The van der Waals surface area contributed by atoms with Crippen molar-refractivity contribution < 1.29 is 0 Å². The standard InChI is InChI=1S/C21H27N3O/c25-21-17-7-1-2-8-18(17)22-20(24(21)14-16-10-11-16)19-9-4-12-23(19)13-15-5-3-6-15/h1-2,7-8,15-16,19H,3-6,9-14H2. The largest absolute Gasteiger partial charge is 0.295 e. The Kier molecular flexibility index (Phi) is 3.89. The van der Waals surface area contributed by atoms with E-state index in [1.54, 1.807) is 0 Å². The first-order valence-corrected chi connectivity index (χ1v) is 10.0. The highest BCUT2D eigenvalue weighted by atomic mass is 16.1. The Morgan fingerprint density at radius 1 is 0.960 bits per heavy atom. The number of hydrogen-bond donors (Lipinski definition) is 0. The third kappa shape index (κ3) is 2.91. The Hall–Kier alpha value is -1.68. The number of fused-ring (bicyclic) bond motifs is 1. The lowest BCUT2D eigenvalue weighted by Gasteiger charge is -2.33. The van der Waals surface area contributed by atoms with Crippen LogP contribution >= 0.6 is 0 Å². The second kappa shape index (κ2) is 6.24. The highest BCUT2D eigenvalue weighted by Gasteiger charge is 2.34. The van der Waals surface area contributed by atoms with E-state index in [-0.39, 0.29) is 5.56 Å². The molecule has 2 aromatic rings. The van der Waals surface area contributed by atoms with Crippen LogP contribution in [-0.4, -0.2) is 27.5 Å². The van der Waals surface area contributed by atoms with Crippen LogP contribution in [0.1, 0.15) is 56.8 Å². The average Bonchev–Trinajstić information content (AvgIpc) is 3.29. The van der Waals surface area contributed by atoms with E-state index < -0.39 is 0 Å². The number of rotatable bonds is 5. The van der Waals surface area contributed by atoms with Gasteiger partial charge in [-0.05, 0) is 69.0 Å². The second-order valence-corrected chi connectivity index (χ2v) is 8.30. The zero-order chi connectivity index (χ0) is 16.8. The molecule has 4 heteroatoms. The van der Waals surface area contributed by atoms with E-state index in [1.165, 1.54) is 45.1 Å². The molecule has 2 heterocycles. The van der Waals surface area contributed by atoms with Crippen LogP contribution in [0.3, 0.4) is 0 Å². The molecule has 1 aromatic carbocycles. The first-order chi connectivity index (χ1) is 12.3. The normalized spacial score (nSPS) is 24.7. The van der Waals surface area contributed by atoms with Crippen LogP contribution in [0.2, 0.25) is 0 Å². The fourth-order valence-corrected chi connectivity index (χ4v) is 4.52. The molecule has 1 atom stereocenters. The molecule has 1 saturated heterocycles. The molecule has 0 amide bonds. The van der Waals surface area contributed by atoms with Gasteiger partial charge in [-0.3, -0.25) is 14.3 Å². The van der Waals surface area contributed by atoms with E-state index in [0.717, 1.165) is 42.2 Å². The maximum Gasteiger partial charge on any atom is 0.261 e. The van der Waals surface area contributed by atoms with Gasteiger partial charge >= 0.3 is 0 Å². The Bertz CT molecular complexity index is 835. The SMILES string of the molecule is O=c1c2ccccc2nc(C2CCCN2CC2CCC2)n1CC1CC1. The van der Waals surface area contributed by atoms with Crippen LogP contribution in [0.5, 0.6) is 0 Å². The molecule has 25 heavy (non-hydrogen) atoms. The molecule has 3 aliphatic rings. The van der Waals surface area contributed by atoms with Crippen LogP contribution in [0.4, 0.5) is 0 Å². The van der Waals surface area contributed by atoms with Gasteiger partial charge in [0.05, 0.1) is 16.9 Å². The number of hydrogen-bond acceptors (Lipinski definition) is 3. The molecule has 132 valence electrons. The van der Waals surface area contributed by atoms with Gasteiger partial charge in [0.1, 0.15) is 5.82 Å². The number of aromatic nitrogens is 2. The van der Waals surface area contributed by atoms with Crippen molar-refractivity contribution in [2.24, 2.45) is 11.8 Å². The first kappa shape index (κ1) is 15.6. The molecule has 4 nitrogen and oxygen atoms in total. The summed E-state index contributed by atoms with van der Waals surface area (Å²) in [4.78, 5) is 20.8. The van der Waals surface area contributed by atoms with Crippen molar-refractivity contribution in [3.8, 4) is 0 Å². The van der Waals surface area contributed by atoms with Crippen molar-refractivity contribution >= 4 is 10.9 Å². The molecule has 3 fully saturated rings. The molecular formula is C21H27N3O. The van der Waals surface area contributed by atoms with E-state index in [2.05, 4.69) is 4.90 Å². The molecule has 0 N–H and O–H groups in total. The third-order valence-electron chi connectivity index (χ3n) is 6.41.